The smallest absolute Gasteiger partial charge is 0.306 e. The lowest BCUT2D eigenvalue weighted by Crippen LogP contribution is -2.37. The third-order valence-corrected chi connectivity index (χ3v) is 11.3. The fourth-order valence-electron chi connectivity index (χ4n) is 8.67. The third-order valence-electron chi connectivity index (χ3n) is 11.3. The van der Waals surface area contributed by atoms with Crippen molar-refractivity contribution in [3.63, 3.8) is 0 Å². The van der Waals surface area contributed by atoms with Crippen LogP contribution in [0.1, 0.15) is 122 Å². The monoisotopic (exact) mass is 579 g/mol. The number of unbranched alkanes of at least 4 members (excludes halogenated alkanes) is 1. The number of aryl methyl sites for hydroxylation is 1. The van der Waals surface area contributed by atoms with Crippen molar-refractivity contribution < 1.29 is 24.2 Å². The van der Waals surface area contributed by atoms with E-state index in [9.17, 15) is 15.0 Å². The Bertz CT molecular complexity index is 1190. The average Bonchev–Trinajstić information content (AvgIpc) is 3.51. The zero-order chi connectivity index (χ0) is 30.1. The Labute approximate surface area is 252 Å². The number of allylic oxidation sites excluding steroid dienone is 3. The van der Waals surface area contributed by atoms with Gasteiger partial charge in [0.1, 0.15) is 12.4 Å². The number of oxazole rings is 1. The van der Waals surface area contributed by atoms with Gasteiger partial charge in [0.25, 0.3) is 0 Å². The first-order valence-electron chi connectivity index (χ1n) is 16.6. The number of carbonyl (C=O) groups is 1. The number of aliphatic hydroxyl groups is 2. The third kappa shape index (κ3) is 6.36. The van der Waals surface area contributed by atoms with Gasteiger partial charge >= 0.3 is 5.97 Å². The van der Waals surface area contributed by atoms with Crippen LogP contribution in [0.2, 0.25) is 0 Å². The molecule has 7 atom stereocenters. The zero-order valence-electron chi connectivity index (χ0n) is 26.4. The molecule has 0 spiro atoms. The molecular formula is C36H53NO5. The first-order chi connectivity index (χ1) is 20.1. The van der Waals surface area contributed by atoms with Gasteiger partial charge in [-0.1, -0.05) is 51.5 Å². The van der Waals surface area contributed by atoms with Crippen LogP contribution in [0.3, 0.4) is 0 Å². The van der Waals surface area contributed by atoms with Crippen LogP contribution in [0.25, 0.3) is 0 Å². The molecule has 5 rings (SSSR count). The molecule has 4 fully saturated rings. The SMILES string of the molecule is C=C1C(=CC=C2CCC[C@]3(C)[C@@H]([C@H](C)CC[C@H](OC(=O)CCCC)C4(c5nc(C)co5)CC4)CC[C@@H]23)C[C@@H](O)C[C@@H]1O. The fourth-order valence-corrected chi connectivity index (χ4v) is 8.67. The number of aromatic nitrogens is 1. The van der Waals surface area contributed by atoms with E-state index in [0.717, 1.165) is 67.7 Å². The van der Waals surface area contributed by atoms with E-state index in [2.05, 4.69) is 44.5 Å². The number of nitrogens with zero attached hydrogens (tertiary/aromatic N) is 1. The maximum absolute atomic E-state index is 12.8. The number of ether oxygens (including phenoxy) is 1. The predicted molar refractivity (Wildman–Crippen MR) is 165 cm³/mol. The van der Waals surface area contributed by atoms with Crippen molar-refractivity contribution in [2.45, 2.75) is 141 Å². The second kappa shape index (κ2) is 12.8. The van der Waals surface area contributed by atoms with Gasteiger partial charge in [0.05, 0.1) is 23.3 Å². The van der Waals surface area contributed by atoms with Crippen molar-refractivity contribution in [2.24, 2.45) is 23.2 Å². The Morgan fingerprint density at radius 3 is 2.71 bits per heavy atom. The minimum absolute atomic E-state index is 0.0891. The molecule has 0 saturated heterocycles. The summed E-state index contributed by atoms with van der Waals surface area (Å²) in [5.74, 6) is 2.37. The van der Waals surface area contributed by atoms with Crippen LogP contribution in [0.4, 0.5) is 0 Å². The lowest BCUT2D eigenvalue weighted by molar-refractivity contribution is -0.152. The van der Waals surface area contributed by atoms with Crippen molar-refractivity contribution in [2.75, 3.05) is 0 Å². The molecule has 6 heteroatoms. The van der Waals surface area contributed by atoms with Gasteiger partial charge in [-0.15, -0.1) is 0 Å². The number of esters is 1. The van der Waals surface area contributed by atoms with E-state index in [0.29, 0.717) is 37.0 Å². The Morgan fingerprint density at radius 2 is 2.02 bits per heavy atom. The van der Waals surface area contributed by atoms with Crippen molar-refractivity contribution in [3.8, 4) is 0 Å². The summed E-state index contributed by atoms with van der Waals surface area (Å²) in [6.45, 7) is 13.1. The molecule has 232 valence electrons. The summed E-state index contributed by atoms with van der Waals surface area (Å²) in [4.78, 5) is 17.5. The lowest BCUT2D eigenvalue weighted by Gasteiger charge is -2.44. The van der Waals surface area contributed by atoms with Crippen LogP contribution in [-0.2, 0) is 14.9 Å². The molecular weight excluding hydrogens is 526 g/mol. The van der Waals surface area contributed by atoms with Crippen LogP contribution in [0, 0.1) is 30.1 Å². The first kappa shape index (κ1) is 31.3. The van der Waals surface area contributed by atoms with Crippen LogP contribution < -0.4 is 0 Å². The summed E-state index contributed by atoms with van der Waals surface area (Å²) in [5.41, 5.74) is 4.13. The number of carbonyl (C=O) groups excluding carboxylic acids is 1. The molecule has 4 saturated carbocycles. The van der Waals surface area contributed by atoms with Gasteiger partial charge in [-0.3, -0.25) is 4.79 Å². The molecule has 42 heavy (non-hydrogen) atoms. The second-order valence-electron chi connectivity index (χ2n) is 14.3. The summed E-state index contributed by atoms with van der Waals surface area (Å²) < 4.78 is 12.1. The second-order valence-corrected chi connectivity index (χ2v) is 14.3. The van der Waals surface area contributed by atoms with E-state index in [1.54, 1.807) is 6.26 Å². The van der Waals surface area contributed by atoms with E-state index in [4.69, 9.17) is 9.15 Å². The molecule has 0 unspecified atom stereocenters. The van der Waals surface area contributed by atoms with E-state index in [-0.39, 0.29) is 22.9 Å². The van der Waals surface area contributed by atoms with E-state index in [1.807, 2.05) is 6.92 Å². The van der Waals surface area contributed by atoms with Crippen LogP contribution in [0.15, 0.2) is 46.1 Å². The summed E-state index contributed by atoms with van der Waals surface area (Å²) >= 11 is 0. The van der Waals surface area contributed by atoms with E-state index < -0.39 is 12.2 Å². The minimum Gasteiger partial charge on any atom is -0.461 e. The van der Waals surface area contributed by atoms with Gasteiger partial charge in [-0.25, -0.2) is 4.98 Å². The lowest BCUT2D eigenvalue weighted by atomic mass is 9.60. The Balaban J connectivity index is 1.28. The highest BCUT2D eigenvalue weighted by Gasteiger charge is 2.57. The molecule has 2 N–H and O–H groups in total. The van der Waals surface area contributed by atoms with Gasteiger partial charge < -0.3 is 19.4 Å². The van der Waals surface area contributed by atoms with Gasteiger partial charge in [-0.2, -0.15) is 0 Å². The Kier molecular flexibility index (Phi) is 9.54. The topological polar surface area (TPSA) is 92.8 Å². The average molecular weight is 580 g/mol. The molecule has 0 bridgehead atoms. The minimum atomic E-state index is -0.649. The van der Waals surface area contributed by atoms with Gasteiger partial charge in [0.15, 0.2) is 0 Å². The maximum Gasteiger partial charge on any atom is 0.306 e. The van der Waals surface area contributed by atoms with Crippen molar-refractivity contribution in [3.05, 3.63) is 53.3 Å². The molecule has 0 aliphatic heterocycles. The molecule has 0 radical (unpaired) electrons. The van der Waals surface area contributed by atoms with Crippen molar-refractivity contribution in [1.29, 1.82) is 0 Å². The van der Waals surface area contributed by atoms with Crippen molar-refractivity contribution in [1.82, 2.24) is 4.98 Å². The van der Waals surface area contributed by atoms with Crippen LogP contribution >= 0.6 is 0 Å². The number of hydrogen-bond donors (Lipinski definition) is 2. The summed E-state index contributed by atoms with van der Waals surface area (Å²) in [7, 11) is 0. The highest BCUT2D eigenvalue weighted by atomic mass is 16.5. The van der Waals surface area contributed by atoms with Gasteiger partial charge in [0.2, 0.25) is 5.89 Å². The van der Waals surface area contributed by atoms with E-state index >= 15 is 0 Å². The summed E-state index contributed by atoms with van der Waals surface area (Å²) in [6, 6.07) is 0. The number of aliphatic hydroxyl groups excluding tert-OH is 2. The van der Waals surface area contributed by atoms with Gasteiger partial charge in [0, 0.05) is 12.8 Å². The Hall–Kier alpha value is -2.18. The van der Waals surface area contributed by atoms with Crippen LogP contribution in [0.5, 0.6) is 0 Å². The highest BCUT2D eigenvalue weighted by molar-refractivity contribution is 5.69. The highest BCUT2D eigenvalue weighted by Crippen LogP contribution is 2.60. The molecule has 1 aromatic heterocycles. The fraction of sp³-hybridized carbons (Fsp3) is 0.722. The number of hydrogen-bond acceptors (Lipinski definition) is 6. The molecule has 1 aromatic rings. The largest absolute Gasteiger partial charge is 0.461 e. The zero-order valence-corrected chi connectivity index (χ0v) is 26.4. The number of rotatable bonds is 11. The number of fused-ring (bicyclic) bond motifs is 1. The predicted octanol–water partition coefficient (Wildman–Crippen LogP) is 7.67. The molecule has 4 aliphatic rings. The molecule has 6 nitrogen and oxygen atoms in total. The molecule has 0 aromatic carbocycles. The van der Waals surface area contributed by atoms with Crippen LogP contribution in [-0.4, -0.2) is 39.5 Å². The molecule has 1 heterocycles. The van der Waals surface area contributed by atoms with Gasteiger partial charge in [-0.05, 0) is 112 Å². The first-order valence-corrected chi connectivity index (χ1v) is 16.6. The normalized spacial score (nSPS) is 33.9. The van der Waals surface area contributed by atoms with E-state index in [1.165, 1.54) is 31.3 Å². The summed E-state index contributed by atoms with van der Waals surface area (Å²) in [5, 5.41) is 20.5. The summed E-state index contributed by atoms with van der Waals surface area (Å²) in [6.07, 6.45) is 17.9. The Morgan fingerprint density at radius 1 is 1.24 bits per heavy atom. The quantitative estimate of drug-likeness (QED) is 0.261. The molecule has 4 aliphatic carbocycles. The standard InChI is InChI=1S/C36H53NO5/c1-6-7-10-33(40)42-32(36(18-19-36)34-37-24(3)22-41-34)16-11-23(2)29-14-15-30-26(9-8-17-35(29,30)5)12-13-27-20-28(38)21-31(39)25(27)4/h12-13,22-23,28-32,38-39H,4,6-11,14-21H2,1-3,5H3/t23-,28-,29-,30+,31+,32+,35-/m1/s1. The van der Waals surface area contributed by atoms with Crippen molar-refractivity contribution >= 4 is 5.97 Å². The maximum atomic E-state index is 12.8. The molecule has 0 amide bonds.